The molecular formula is C15H20N4O4. The molecule has 124 valence electrons. The fourth-order valence-corrected chi connectivity index (χ4v) is 2.61. The number of nitrogens with zero attached hydrogens (tertiary/aromatic N) is 4. The molecule has 1 aliphatic rings. The number of hydrogen-bond acceptors (Lipinski definition) is 6. The van der Waals surface area contributed by atoms with Crippen LogP contribution in [-0.2, 0) is 7.05 Å². The van der Waals surface area contributed by atoms with Crippen LogP contribution in [0.25, 0.3) is 11.3 Å². The van der Waals surface area contributed by atoms with Gasteiger partial charge in [-0.2, -0.15) is 5.10 Å². The number of amides is 1. The third-order valence-electron chi connectivity index (χ3n) is 4.52. The Morgan fingerprint density at radius 3 is 2.87 bits per heavy atom. The molecule has 2 N–H and O–H groups in total. The zero-order valence-corrected chi connectivity index (χ0v) is 13.4. The van der Waals surface area contributed by atoms with Gasteiger partial charge in [-0.3, -0.25) is 9.48 Å². The smallest absolute Gasteiger partial charge is 0.276 e. The fourth-order valence-electron chi connectivity index (χ4n) is 2.61. The van der Waals surface area contributed by atoms with E-state index in [4.69, 9.17) is 4.52 Å². The normalized spacial score (nSPS) is 24.9. The van der Waals surface area contributed by atoms with Crippen LogP contribution in [0.15, 0.2) is 16.8 Å². The standard InChI is InChI=1S/C15H20N4O4/c1-9-10(7-16-18(9)3)12-6-11(17-23-12)14(21)19-5-4-15(2,22)13(20)8-19/h6-7,13,20,22H,4-5,8H2,1-3H3/t13-,15-/m0/s1. The van der Waals surface area contributed by atoms with Gasteiger partial charge in [0.15, 0.2) is 11.5 Å². The molecule has 0 aliphatic carbocycles. The predicted molar refractivity (Wildman–Crippen MR) is 80.6 cm³/mol. The van der Waals surface area contributed by atoms with Crippen molar-refractivity contribution in [1.82, 2.24) is 19.8 Å². The first kappa shape index (κ1) is 15.7. The van der Waals surface area contributed by atoms with Crippen molar-refractivity contribution in [3.8, 4) is 11.3 Å². The van der Waals surface area contributed by atoms with Crippen molar-refractivity contribution in [3.63, 3.8) is 0 Å². The van der Waals surface area contributed by atoms with Gasteiger partial charge < -0.3 is 19.6 Å². The molecule has 2 aromatic rings. The van der Waals surface area contributed by atoms with Gasteiger partial charge in [-0.05, 0) is 20.3 Å². The number of hydrogen-bond donors (Lipinski definition) is 2. The third kappa shape index (κ3) is 2.75. The van der Waals surface area contributed by atoms with E-state index >= 15 is 0 Å². The number of rotatable bonds is 2. The summed E-state index contributed by atoms with van der Waals surface area (Å²) in [5, 5.41) is 27.9. The number of piperidine rings is 1. The molecule has 8 nitrogen and oxygen atoms in total. The van der Waals surface area contributed by atoms with Crippen molar-refractivity contribution in [2.45, 2.75) is 32.0 Å². The lowest BCUT2D eigenvalue weighted by atomic mass is 9.90. The molecular weight excluding hydrogens is 300 g/mol. The van der Waals surface area contributed by atoms with Gasteiger partial charge in [-0.25, -0.2) is 0 Å². The van der Waals surface area contributed by atoms with Crippen LogP contribution in [-0.4, -0.2) is 60.8 Å². The van der Waals surface area contributed by atoms with Crippen LogP contribution >= 0.6 is 0 Å². The quantitative estimate of drug-likeness (QED) is 0.827. The van der Waals surface area contributed by atoms with Crippen LogP contribution < -0.4 is 0 Å². The largest absolute Gasteiger partial charge is 0.388 e. The van der Waals surface area contributed by atoms with Crippen LogP contribution in [0.5, 0.6) is 0 Å². The van der Waals surface area contributed by atoms with E-state index in [1.807, 2.05) is 14.0 Å². The number of likely N-dealkylation sites (tertiary alicyclic amines) is 1. The van der Waals surface area contributed by atoms with Crippen molar-refractivity contribution in [2.24, 2.45) is 7.05 Å². The molecule has 2 atom stereocenters. The van der Waals surface area contributed by atoms with E-state index in [1.54, 1.807) is 23.9 Å². The van der Waals surface area contributed by atoms with Crippen LogP contribution in [0.2, 0.25) is 0 Å². The fraction of sp³-hybridized carbons (Fsp3) is 0.533. The van der Waals surface area contributed by atoms with E-state index in [9.17, 15) is 15.0 Å². The maximum absolute atomic E-state index is 12.5. The summed E-state index contributed by atoms with van der Waals surface area (Å²) in [6, 6.07) is 1.57. The van der Waals surface area contributed by atoms with E-state index in [1.165, 1.54) is 4.90 Å². The summed E-state index contributed by atoms with van der Waals surface area (Å²) in [5.74, 6) is 0.152. The number of β-amino-alcohol motifs (C(OH)–C–C–N with tert-alkyl or cyclic N) is 1. The highest BCUT2D eigenvalue weighted by Crippen LogP contribution is 2.26. The van der Waals surface area contributed by atoms with Crippen molar-refractivity contribution in [1.29, 1.82) is 0 Å². The summed E-state index contributed by atoms with van der Waals surface area (Å²) in [4.78, 5) is 14.0. The summed E-state index contributed by atoms with van der Waals surface area (Å²) in [6.45, 7) is 3.89. The van der Waals surface area contributed by atoms with E-state index in [0.717, 1.165) is 11.3 Å². The maximum Gasteiger partial charge on any atom is 0.276 e. The van der Waals surface area contributed by atoms with Gasteiger partial charge in [0.05, 0.1) is 23.5 Å². The van der Waals surface area contributed by atoms with Crippen LogP contribution in [0.4, 0.5) is 0 Å². The van der Waals surface area contributed by atoms with E-state index in [0.29, 0.717) is 18.7 Å². The first-order chi connectivity index (χ1) is 10.8. The lowest BCUT2D eigenvalue weighted by molar-refractivity contribution is -0.1000. The predicted octanol–water partition coefficient (Wildman–Crippen LogP) is 0.341. The number of aromatic nitrogens is 3. The first-order valence-corrected chi connectivity index (χ1v) is 7.45. The van der Waals surface area contributed by atoms with Crippen molar-refractivity contribution in [2.75, 3.05) is 13.1 Å². The molecule has 0 radical (unpaired) electrons. The molecule has 23 heavy (non-hydrogen) atoms. The number of aryl methyl sites for hydroxylation is 1. The Morgan fingerprint density at radius 1 is 1.52 bits per heavy atom. The van der Waals surface area contributed by atoms with Crippen LogP contribution in [0.3, 0.4) is 0 Å². The Bertz CT molecular complexity index is 734. The second kappa shape index (κ2) is 5.47. The number of aliphatic hydroxyl groups excluding tert-OH is 1. The summed E-state index contributed by atoms with van der Waals surface area (Å²) < 4.78 is 6.97. The third-order valence-corrected chi connectivity index (χ3v) is 4.52. The lowest BCUT2D eigenvalue weighted by Crippen LogP contribution is -2.55. The second-order valence-corrected chi connectivity index (χ2v) is 6.22. The van der Waals surface area contributed by atoms with Gasteiger partial charge in [0.25, 0.3) is 5.91 Å². The Hall–Kier alpha value is -2.19. The molecule has 0 saturated carbocycles. The Balaban J connectivity index is 1.78. The molecule has 0 unspecified atom stereocenters. The minimum Gasteiger partial charge on any atom is -0.388 e. The summed E-state index contributed by atoms with van der Waals surface area (Å²) in [5.41, 5.74) is 0.695. The highest BCUT2D eigenvalue weighted by Gasteiger charge is 2.38. The molecule has 3 rings (SSSR count). The van der Waals surface area contributed by atoms with E-state index in [-0.39, 0.29) is 18.1 Å². The molecule has 8 heteroatoms. The molecule has 1 amide bonds. The van der Waals surface area contributed by atoms with Crippen molar-refractivity contribution < 1.29 is 19.5 Å². The van der Waals surface area contributed by atoms with Gasteiger partial charge in [0.2, 0.25) is 0 Å². The number of carbonyl (C=O) groups is 1. The van der Waals surface area contributed by atoms with E-state index in [2.05, 4.69) is 10.3 Å². The zero-order chi connectivity index (χ0) is 16.8. The maximum atomic E-state index is 12.5. The molecule has 1 aliphatic heterocycles. The SMILES string of the molecule is Cc1c(-c2cc(C(=O)N3CC[C@](C)(O)[C@@H](O)C3)no2)cnn1C. The van der Waals surface area contributed by atoms with E-state index < -0.39 is 11.7 Å². The number of carbonyl (C=O) groups excluding carboxylic acids is 1. The van der Waals surface area contributed by atoms with Gasteiger partial charge >= 0.3 is 0 Å². The lowest BCUT2D eigenvalue weighted by Gasteiger charge is -2.39. The average Bonchev–Trinajstić information content (AvgIpc) is 3.10. The van der Waals surface area contributed by atoms with Crippen molar-refractivity contribution >= 4 is 5.91 Å². The minimum atomic E-state index is -1.17. The summed E-state index contributed by atoms with van der Waals surface area (Å²) >= 11 is 0. The molecule has 1 fully saturated rings. The van der Waals surface area contributed by atoms with Crippen molar-refractivity contribution in [3.05, 3.63) is 23.7 Å². The van der Waals surface area contributed by atoms with Gasteiger partial charge in [0.1, 0.15) is 0 Å². The first-order valence-electron chi connectivity index (χ1n) is 7.45. The monoisotopic (exact) mass is 320 g/mol. The van der Waals surface area contributed by atoms with Gasteiger partial charge in [0, 0.05) is 31.9 Å². The molecule has 3 heterocycles. The van der Waals surface area contributed by atoms with Crippen LogP contribution in [0.1, 0.15) is 29.5 Å². The summed E-state index contributed by atoms with van der Waals surface area (Å²) in [6.07, 6.45) is 0.991. The summed E-state index contributed by atoms with van der Waals surface area (Å²) in [7, 11) is 1.82. The molecule has 0 spiro atoms. The molecule has 1 saturated heterocycles. The van der Waals surface area contributed by atoms with Crippen LogP contribution in [0, 0.1) is 6.92 Å². The highest BCUT2D eigenvalue weighted by molar-refractivity contribution is 5.93. The highest BCUT2D eigenvalue weighted by atomic mass is 16.5. The minimum absolute atomic E-state index is 0.0694. The molecule has 0 aromatic carbocycles. The number of aliphatic hydroxyl groups is 2. The zero-order valence-electron chi connectivity index (χ0n) is 13.4. The average molecular weight is 320 g/mol. The second-order valence-electron chi connectivity index (χ2n) is 6.22. The molecule has 0 bridgehead atoms. The Labute approximate surface area is 133 Å². The Morgan fingerprint density at radius 2 is 2.26 bits per heavy atom. The Kier molecular flexibility index (Phi) is 3.73. The topological polar surface area (TPSA) is 105 Å². The molecule has 2 aromatic heterocycles. The van der Waals surface area contributed by atoms with Gasteiger partial charge in [-0.1, -0.05) is 5.16 Å². The van der Waals surface area contributed by atoms with Gasteiger partial charge in [-0.15, -0.1) is 0 Å².